The van der Waals surface area contributed by atoms with Gasteiger partial charge in [0.25, 0.3) is 0 Å². The first kappa shape index (κ1) is 11.4. The van der Waals surface area contributed by atoms with Gasteiger partial charge < -0.3 is 10.2 Å². The first-order chi connectivity index (χ1) is 7.22. The Hall–Kier alpha value is -0.0800. The molecule has 1 spiro atoms. The Balaban J connectivity index is 1.93. The summed E-state index contributed by atoms with van der Waals surface area (Å²) in [6.45, 7) is 8.51. The average molecular weight is 210 g/mol. The van der Waals surface area contributed by atoms with Gasteiger partial charge in [0.15, 0.2) is 0 Å². The Labute approximate surface area is 94.4 Å². The Bertz CT molecular complexity index is 195. The van der Waals surface area contributed by atoms with Crippen LogP contribution >= 0.6 is 0 Å². The maximum absolute atomic E-state index is 3.81. The number of nitrogens with zero attached hydrogens (tertiary/aromatic N) is 1. The van der Waals surface area contributed by atoms with E-state index in [1.54, 1.807) is 0 Å². The highest BCUT2D eigenvalue weighted by molar-refractivity contribution is 4.93. The second kappa shape index (κ2) is 4.84. The normalized spacial score (nSPS) is 34.6. The highest BCUT2D eigenvalue weighted by Gasteiger charge is 2.33. The van der Waals surface area contributed by atoms with Crippen molar-refractivity contribution in [3.63, 3.8) is 0 Å². The molecule has 88 valence electrons. The summed E-state index contributed by atoms with van der Waals surface area (Å²) in [6.07, 6.45) is 8.38. The Kier molecular flexibility index (Phi) is 3.68. The van der Waals surface area contributed by atoms with E-state index in [0.717, 1.165) is 6.04 Å². The minimum atomic E-state index is 0.516. The molecule has 1 unspecified atom stereocenters. The third-order valence-electron chi connectivity index (χ3n) is 4.29. The van der Waals surface area contributed by atoms with Crippen LogP contribution in [0.5, 0.6) is 0 Å². The summed E-state index contributed by atoms with van der Waals surface area (Å²) >= 11 is 0. The first-order valence-corrected chi connectivity index (χ1v) is 6.71. The van der Waals surface area contributed by atoms with E-state index in [1.165, 1.54) is 58.2 Å². The van der Waals surface area contributed by atoms with Crippen molar-refractivity contribution in [3.8, 4) is 0 Å². The molecule has 2 saturated heterocycles. The topological polar surface area (TPSA) is 15.3 Å². The molecule has 2 aliphatic heterocycles. The van der Waals surface area contributed by atoms with Gasteiger partial charge in [0.1, 0.15) is 0 Å². The molecule has 0 amide bonds. The van der Waals surface area contributed by atoms with E-state index in [0.29, 0.717) is 5.54 Å². The Morgan fingerprint density at radius 2 is 1.80 bits per heavy atom. The molecule has 0 aromatic rings. The van der Waals surface area contributed by atoms with E-state index in [4.69, 9.17) is 0 Å². The number of likely N-dealkylation sites (tertiary alicyclic amines) is 1. The van der Waals surface area contributed by atoms with Gasteiger partial charge >= 0.3 is 0 Å². The zero-order valence-corrected chi connectivity index (χ0v) is 10.4. The van der Waals surface area contributed by atoms with Gasteiger partial charge in [-0.1, -0.05) is 6.42 Å². The predicted molar refractivity (Wildman–Crippen MR) is 65.1 cm³/mol. The summed E-state index contributed by atoms with van der Waals surface area (Å²) in [5.74, 6) is 0. The van der Waals surface area contributed by atoms with Crippen molar-refractivity contribution in [2.75, 3.05) is 19.6 Å². The fourth-order valence-electron chi connectivity index (χ4n) is 3.19. The van der Waals surface area contributed by atoms with Gasteiger partial charge in [-0.3, -0.25) is 0 Å². The van der Waals surface area contributed by atoms with E-state index < -0.39 is 0 Å². The summed E-state index contributed by atoms with van der Waals surface area (Å²) in [4.78, 5) is 2.64. The van der Waals surface area contributed by atoms with E-state index in [9.17, 15) is 0 Å². The molecule has 2 fully saturated rings. The third-order valence-corrected chi connectivity index (χ3v) is 4.29. The molecule has 15 heavy (non-hydrogen) atoms. The van der Waals surface area contributed by atoms with Crippen molar-refractivity contribution in [2.24, 2.45) is 0 Å². The van der Waals surface area contributed by atoms with Gasteiger partial charge in [0.2, 0.25) is 0 Å². The molecule has 2 heterocycles. The largest absolute Gasteiger partial charge is 0.311 e. The summed E-state index contributed by atoms with van der Waals surface area (Å²) in [6, 6.07) is 0.726. The van der Waals surface area contributed by atoms with E-state index in [2.05, 4.69) is 24.1 Å². The first-order valence-electron chi connectivity index (χ1n) is 6.71. The van der Waals surface area contributed by atoms with Crippen LogP contribution < -0.4 is 5.32 Å². The van der Waals surface area contributed by atoms with Crippen LogP contribution in [-0.4, -0.2) is 36.1 Å². The lowest BCUT2D eigenvalue weighted by atomic mass is 9.83. The van der Waals surface area contributed by atoms with Crippen molar-refractivity contribution < 1.29 is 0 Å². The maximum atomic E-state index is 3.81. The van der Waals surface area contributed by atoms with Crippen molar-refractivity contribution in [1.29, 1.82) is 0 Å². The molecular weight excluding hydrogens is 184 g/mol. The maximum Gasteiger partial charge on any atom is 0.0194 e. The van der Waals surface area contributed by atoms with Crippen molar-refractivity contribution >= 4 is 0 Å². The van der Waals surface area contributed by atoms with Gasteiger partial charge in [-0.05, 0) is 59.0 Å². The van der Waals surface area contributed by atoms with Gasteiger partial charge in [-0.25, -0.2) is 0 Å². The van der Waals surface area contributed by atoms with Crippen molar-refractivity contribution in [2.45, 2.75) is 64.0 Å². The lowest BCUT2D eigenvalue weighted by Crippen LogP contribution is -2.49. The van der Waals surface area contributed by atoms with Crippen LogP contribution in [0.3, 0.4) is 0 Å². The van der Waals surface area contributed by atoms with E-state index in [1.807, 2.05) is 0 Å². The van der Waals surface area contributed by atoms with Crippen molar-refractivity contribution in [1.82, 2.24) is 10.2 Å². The van der Waals surface area contributed by atoms with Crippen LogP contribution in [0.4, 0.5) is 0 Å². The van der Waals surface area contributed by atoms with Crippen LogP contribution in [0.25, 0.3) is 0 Å². The van der Waals surface area contributed by atoms with Crippen LogP contribution in [-0.2, 0) is 0 Å². The molecule has 1 N–H and O–H groups in total. The number of hydrogen-bond donors (Lipinski definition) is 1. The molecule has 2 aliphatic rings. The zero-order valence-electron chi connectivity index (χ0n) is 10.4. The highest BCUT2D eigenvalue weighted by Crippen LogP contribution is 2.30. The lowest BCUT2D eigenvalue weighted by Gasteiger charge is -2.38. The molecule has 0 bridgehead atoms. The van der Waals surface area contributed by atoms with Gasteiger partial charge in [0, 0.05) is 18.1 Å². The monoisotopic (exact) mass is 210 g/mol. The zero-order chi connectivity index (χ0) is 10.7. The second-order valence-electron chi connectivity index (χ2n) is 5.65. The summed E-state index contributed by atoms with van der Waals surface area (Å²) in [7, 11) is 0. The van der Waals surface area contributed by atoms with Gasteiger partial charge in [-0.15, -0.1) is 0 Å². The molecule has 2 rings (SSSR count). The molecule has 2 heteroatoms. The number of hydrogen-bond acceptors (Lipinski definition) is 2. The molecule has 2 nitrogen and oxygen atoms in total. The highest BCUT2D eigenvalue weighted by atomic mass is 15.2. The van der Waals surface area contributed by atoms with Gasteiger partial charge in [-0.2, -0.15) is 0 Å². The summed E-state index contributed by atoms with van der Waals surface area (Å²) < 4.78 is 0. The molecule has 0 aromatic heterocycles. The number of nitrogens with one attached hydrogen (secondary N) is 1. The quantitative estimate of drug-likeness (QED) is 0.715. The minimum absolute atomic E-state index is 0.516. The Morgan fingerprint density at radius 3 is 2.47 bits per heavy atom. The van der Waals surface area contributed by atoms with Crippen LogP contribution in [0.2, 0.25) is 0 Å². The number of rotatable bonds is 1. The summed E-state index contributed by atoms with van der Waals surface area (Å²) in [5.41, 5.74) is 0.516. The Morgan fingerprint density at radius 1 is 1.00 bits per heavy atom. The van der Waals surface area contributed by atoms with Crippen LogP contribution in [0, 0.1) is 0 Å². The van der Waals surface area contributed by atoms with Crippen molar-refractivity contribution in [3.05, 3.63) is 0 Å². The predicted octanol–water partition coefficient (Wildman–Crippen LogP) is 2.39. The van der Waals surface area contributed by atoms with Gasteiger partial charge in [0.05, 0.1) is 0 Å². The molecule has 0 saturated carbocycles. The molecular formula is C13H26N2. The second-order valence-corrected chi connectivity index (χ2v) is 5.65. The molecule has 0 radical (unpaired) electrons. The summed E-state index contributed by atoms with van der Waals surface area (Å²) in [5, 5.41) is 3.81. The number of piperidine rings is 1. The fourth-order valence-corrected chi connectivity index (χ4v) is 3.19. The third kappa shape index (κ3) is 2.73. The average Bonchev–Trinajstić information content (AvgIpc) is 2.43. The SMILES string of the molecule is CC(C)N1CCCC2(CCCCN2)CC1. The van der Waals surface area contributed by atoms with E-state index in [-0.39, 0.29) is 0 Å². The van der Waals surface area contributed by atoms with Crippen LogP contribution in [0.1, 0.15) is 52.4 Å². The standard InChI is InChI=1S/C13H26N2/c1-12(2)15-10-5-7-13(8-11-15)6-3-4-9-14-13/h12,14H,3-11H2,1-2H3. The van der Waals surface area contributed by atoms with E-state index >= 15 is 0 Å². The van der Waals surface area contributed by atoms with Crippen LogP contribution in [0.15, 0.2) is 0 Å². The smallest absolute Gasteiger partial charge is 0.0194 e. The fraction of sp³-hybridized carbons (Fsp3) is 1.00. The molecule has 0 aromatic carbocycles. The minimum Gasteiger partial charge on any atom is -0.311 e. The molecule has 0 aliphatic carbocycles. The molecule has 1 atom stereocenters. The lowest BCUT2D eigenvalue weighted by molar-refractivity contribution is 0.199.